The van der Waals surface area contributed by atoms with Crippen molar-refractivity contribution < 1.29 is 9.84 Å². The highest BCUT2D eigenvalue weighted by atomic mass is 16.5. The molecule has 0 unspecified atom stereocenters. The maximum atomic E-state index is 9.16. The number of benzene rings is 1. The molecule has 0 aliphatic heterocycles. The first kappa shape index (κ1) is 11.8. The molecule has 82 valence electrons. The Kier molecular flexibility index (Phi) is 4.37. The Morgan fingerprint density at radius 3 is 2.73 bits per heavy atom. The third-order valence-electron chi connectivity index (χ3n) is 2.18. The van der Waals surface area contributed by atoms with Crippen LogP contribution in [-0.2, 0) is 6.61 Å². The van der Waals surface area contributed by atoms with Gasteiger partial charge in [0, 0.05) is 5.56 Å². The molecule has 2 heteroatoms. The molecule has 1 aromatic carbocycles. The molecule has 1 aromatic rings. The van der Waals surface area contributed by atoms with E-state index in [2.05, 4.69) is 0 Å². The van der Waals surface area contributed by atoms with Crippen molar-refractivity contribution in [2.75, 3.05) is 6.61 Å². The quantitative estimate of drug-likeness (QED) is 0.767. The summed E-state index contributed by atoms with van der Waals surface area (Å²) >= 11 is 0. The molecule has 15 heavy (non-hydrogen) atoms. The summed E-state index contributed by atoms with van der Waals surface area (Å²) in [5.74, 6) is 0.803. The van der Waals surface area contributed by atoms with E-state index in [1.165, 1.54) is 5.57 Å². The van der Waals surface area contributed by atoms with E-state index < -0.39 is 0 Å². The zero-order valence-corrected chi connectivity index (χ0v) is 9.58. The molecule has 0 saturated heterocycles. The molecule has 1 N–H and O–H groups in total. The minimum absolute atomic E-state index is 0.0197. The van der Waals surface area contributed by atoms with Crippen LogP contribution in [0.15, 0.2) is 29.8 Å². The maximum Gasteiger partial charge on any atom is 0.128 e. The number of aliphatic hydroxyl groups excluding tert-OH is 1. The topological polar surface area (TPSA) is 29.5 Å². The lowest BCUT2D eigenvalue weighted by atomic mass is 10.1. The van der Waals surface area contributed by atoms with E-state index in [1.807, 2.05) is 45.0 Å². The van der Waals surface area contributed by atoms with Gasteiger partial charge in [-0.25, -0.2) is 0 Å². The fourth-order valence-electron chi connectivity index (χ4n) is 1.34. The largest absolute Gasteiger partial charge is 0.489 e. The fraction of sp³-hybridized carbons (Fsp3) is 0.385. The van der Waals surface area contributed by atoms with Crippen LogP contribution in [0.1, 0.15) is 25.0 Å². The molecule has 0 aliphatic rings. The smallest absolute Gasteiger partial charge is 0.128 e. The van der Waals surface area contributed by atoms with Gasteiger partial charge in [0.15, 0.2) is 0 Å². The summed E-state index contributed by atoms with van der Waals surface area (Å²) in [5, 5.41) is 9.16. The predicted molar refractivity (Wildman–Crippen MR) is 62.0 cm³/mol. The molecular formula is C13H18O2. The van der Waals surface area contributed by atoms with Crippen molar-refractivity contribution >= 4 is 0 Å². The fourth-order valence-corrected chi connectivity index (χ4v) is 1.34. The van der Waals surface area contributed by atoms with Gasteiger partial charge >= 0.3 is 0 Å². The molecule has 0 amide bonds. The van der Waals surface area contributed by atoms with Crippen molar-refractivity contribution in [2.24, 2.45) is 0 Å². The second-order valence-corrected chi connectivity index (χ2v) is 3.81. The van der Waals surface area contributed by atoms with E-state index in [-0.39, 0.29) is 6.61 Å². The van der Waals surface area contributed by atoms with E-state index in [0.717, 1.165) is 16.9 Å². The summed E-state index contributed by atoms with van der Waals surface area (Å²) in [6.45, 7) is 6.63. The summed E-state index contributed by atoms with van der Waals surface area (Å²) < 4.78 is 5.63. The van der Waals surface area contributed by atoms with E-state index in [9.17, 15) is 0 Å². The van der Waals surface area contributed by atoms with Crippen LogP contribution < -0.4 is 4.74 Å². The standard InChI is InChI=1S/C13H18O2/c1-10(2)7-8-15-13-11(3)5-4-6-12(13)9-14/h4-7,14H,8-9H2,1-3H3. The molecule has 0 bridgehead atoms. The summed E-state index contributed by atoms with van der Waals surface area (Å²) in [7, 11) is 0. The van der Waals surface area contributed by atoms with Gasteiger partial charge in [-0.2, -0.15) is 0 Å². The summed E-state index contributed by atoms with van der Waals surface area (Å²) in [4.78, 5) is 0. The van der Waals surface area contributed by atoms with Gasteiger partial charge < -0.3 is 9.84 Å². The Morgan fingerprint density at radius 1 is 1.40 bits per heavy atom. The van der Waals surface area contributed by atoms with Gasteiger partial charge in [0.05, 0.1) is 6.61 Å². The molecule has 2 nitrogen and oxygen atoms in total. The van der Waals surface area contributed by atoms with Gasteiger partial charge in [0.1, 0.15) is 12.4 Å². The molecule has 0 aliphatic carbocycles. The molecule has 0 radical (unpaired) electrons. The van der Waals surface area contributed by atoms with Gasteiger partial charge in [-0.15, -0.1) is 0 Å². The molecule has 0 saturated carbocycles. The Balaban J connectivity index is 2.79. The molecule has 0 atom stereocenters. The van der Waals surface area contributed by atoms with Crippen LogP contribution in [0, 0.1) is 6.92 Å². The van der Waals surface area contributed by atoms with E-state index in [0.29, 0.717) is 6.61 Å². The Hall–Kier alpha value is -1.28. The van der Waals surface area contributed by atoms with Crippen molar-refractivity contribution in [1.82, 2.24) is 0 Å². The van der Waals surface area contributed by atoms with Crippen LogP contribution in [0.5, 0.6) is 5.75 Å². The molecule has 0 spiro atoms. The maximum absolute atomic E-state index is 9.16. The van der Waals surface area contributed by atoms with Crippen molar-refractivity contribution in [3.8, 4) is 5.75 Å². The first-order valence-electron chi connectivity index (χ1n) is 5.10. The lowest BCUT2D eigenvalue weighted by Gasteiger charge is -2.11. The predicted octanol–water partition coefficient (Wildman–Crippen LogP) is 2.83. The number of hydrogen-bond donors (Lipinski definition) is 1. The lowest BCUT2D eigenvalue weighted by Crippen LogP contribution is -2.00. The second kappa shape index (κ2) is 5.56. The van der Waals surface area contributed by atoms with E-state index in [4.69, 9.17) is 9.84 Å². The SMILES string of the molecule is CC(C)=CCOc1c(C)cccc1CO. The molecule has 0 heterocycles. The number of hydrogen-bond acceptors (Lipinski definition) is 2. The van der Waals surface area contributed by atoms with E-state index in [1.54, 1.807) is 0 Å². The number of ether oxygens (including phenoxy) is 1. The van der Waals surface area contributed by atoms with E-state index >= 15 is 0 Å². The number of rotatable bonds is 4. The summed E-state index contributed by atoms with van der Waals surface area (Å²) in [6.07, 6.45) is 2.02. The van der Waals surface area contributed by atoms with Gasteiger partial charge in [0.25, 0.3) is 0 Å². The Labute approximate surface area is 91.2 Å². The van der Waals surface area contributed by atoms with Crippen LogP contribution in [0.2, 0.25) is 0 Å². The summed E-state index contributed by atoms with van der Waals surface area (Å²) in [6, 6.07) is 5.79. The van der Waals surface area contributed by atoms with Crippen LogP contribution in [0.3, 0.4) is 0 Å². The molecule has 0 fully saturated rings. The highest BCUT2D eigenvalue weighted by molar-refractivity contribution is 5.40. The van der Waals surface area contributed by atoms with Crippen molar-refractivity contribution in [3.63, 3.8) is 0 Å². The normalized spacial score (nSPS) is 9.87. The molecule has 0 aromatic heterocycles. The average Bonchev–Trinajstić information content (AvgIpc) is 2.20. The zero-order chi connectivity index (χ0) is 11.3. The third kappa shape index (κ3) is 3.40. The van der Waals surface area contributed by atoms with Gasteiger partial charge in [-0.3, -0.25) is 0 Å². The summed E-state index contributed by atoms with van der Waals surface area (Å²) in [5.41, 5.74) is 3.13. The van der Waals surface area contributed by atoms with Crippen molar-refractivity contribution in [2.45, 2.75) is 27.4 Å². The lowest BCUT2D eigenvalue weighted by molar-refractivity contribution is 0.269. The minimum atomic E-state index is 0.0197. The first-order valence-corrected chi connectivity index (χ1v) is 5.10. The van der Waals surface area contributed by atoms with Crippen molar-refractivity contribution in [1.29, 1.82) is 0 Å². The van der Waals surface area contributed by atoms with Crippen LogP contribution in [0.25, 0.3) is 0 Å². The highest BCUT2D eigenvalue weighted by Gasteiger charge is 2.04. The van der Waals surface area contributed by atoms with Crippen LogP contribution in [-0.4, -0.2) is 11.7 Å². The third-order valence-corrected chi connectivity index (χ3v) is 2.18. The zero-order valence-electron chi connectivity index (χ0n) is 9.58. The number of aryl methyl sites for hydroxylation is 1. The Bertz CT molecular complexity index is 350. The average molecular weight is 206 g/mol. The highest BCUT2D eigenvalue weighted by Crippen LogP contribution is 2.23. The number of allylic oxidation sites excluding steroid dienone is 1. The number of para-hydroxylation sites is 1. The van der Waals surface area contributed by atoms with Crippen molar-refractivity contribution in [3.05, 3.63) is 41.0 Å². The van der Waals surface area contributed by atoms with Gasteiger partial charge in [-0.05, 0) is 32.4 Å². The van der Waals surface area contributed by atoms with Crippen LogP contribution >= 0.6 is 0 Å². The first-order chi connectivity index (χ1) is 7.15. The second-order valence-electron chi connectivity index (χ2n) is 3.81. The minimum Gasteiger partial charge on any atom is -0.489 e. The van der Waals surface area contributed by atoms with Gasteiger partial charge in [-0.1, -0.05) is 23.8 Å². The van der Waals surface area contributed by atoms with Crippen LogP contribution in [0.4, 0.5) is 0 Å². The molecule has 1 rings (SSSR count). The Morgan fingerprint density at radius 2 is 2.13 bits per heavy atom. The monoisotopic (exact) mass is 206 g/mol. The molecular weight excluding hydrogens is 188 g/mol. The van der Waals surface area contributed by atoms with Gasteiger partial charge in [0.2, 0.25) is 0 Å². The number of aliphatic hydroxyl groups is 1.